The lowest BCUT2D eigenvalue weighted by atomic mass is 10.3. The highest BCUT2D eigenvalue weighted by molar-refractivity contribution is 7.16. The van der Waals surface area contributed by atoms with Crippen LogP contribution in [0.1, 0.15) is 4.88 Å². The van der Waals surface area contributed by atoms with Gasteiger partial charge in [-0.25, -0.2) is 9.78 Å². The van der Waals surface area contributed by atoms with Crippen molar-refractivity contribution in [1.29, 1.82) is 0 Å². The Balaban J connectivity index is 1.51. The highest BCUT2D eigenvalue weighted by Gasteiger charge is 2.11. The summed E-state index contributed by atoms with van der Waals surface area (Å²) in [6.45, 7) is 0.179. The van der Waals surface area contributed by atoms with E-state index >= 15 is 0 Å². The van der Waals surface area contributed by atoms with E-state index in [-0.39, 0.29) is 12.1 Å². The van der Waals surface area contributed by atoms with Crippen LogP contribution in [-0.4, -0.2) is 28.0 Å². The molecule has 7 nitrogen and oxygen atoms in total. The maximum Gasteiger partial charge on any atom is 0.321 e. The zero-order chi connectivity index (χ0) is 16.9. The van der Waals surface area contributed by atoms with Crippen LogP contribution in [-0.2, 0) is 17.8 Å². The van der Waals surface area contributed by atoms with Gasteiger partial charge < -0.3 is 5.32 Å². The van der Waals surface area contributed by atoms with E-state index in [0.717, 1.165) is 4.88 Å². The molecular weight excluding hydrogens is 348 g/mol. The second-order valence-electron chi connectivity index (χ2n) is 4.95. The van der Waals surface area contributed by atoms with Crippen molar-refractivity contribution < 1.29 is 9.59 Å². The van der Waals surface area contributed by atoms with E-state index < -0.39 is 11.9 Å². The number of hydrogen-bond acceptors (Lipinski definition) is 6. The molecule has 0 saturated heterocycles. The minimum atomic E-state index is -0.575. The van der Waals surface area contributed by atoms with E-state index in [4.69, 9.17) is 0 Å². The molecule has 3 rings (SSSR count). The molecule has 0 spiro atoms. The number of thiophene rings is 2. The van der Waals surface area contributed by atoms with Crippen LogP contribution in [0.25, 0.3) is 10.2 Å². The summed E-state index contributed by atoms with van der Waals surface area (Å²) in [5.41, 5.74) is -0.297. The van der Waals surface area contributed by atoms with Crippen LogP contribution in [0.2, 0.25) is 0 Å². The standard InChI is InChI=1S/C15H14N4O3S2/c20-12(18-15(22)16-5-3-10-2-1-6-23-10)8-19-9-17-13-11(14(19)21)4-7-24-13/h1-2,4,6-7,9H,3,5,8H2,(H2,16,18,20,22). The summed E-state index contributed by atoms with van der Waals surface area (Å²) in [5, 5.41) is 9.02. The van der Waals surface area contributed by atoms with Crippen molar-refractivity contribution in [3.8, 4) is 0 Å². The van der Waals surface area contributed by atoms with Gasteiger partial charge in [-0.2, -0.15) is 0 Å². The fourth-order valence-corrected chi connectivity index (χ4v) is 3.56. The number of carbonyl (C=O) groups excluding carboxylic acids is 2. The van der Waals surface area contributed by atoms with Crippen LogP contribution < -0.4 is 16.2 Å². The summed E-state index contributed by atoms with van der Waals surface area (Å²) in [6, 6.07) is 5.02. The van der Waals surface area contributed by atoms with Gasteiger partial charge in [0.25, 0.3) is 5.56 Å². The lowest BCUT2D eigenvalue weighted by molar-refractivity contribution is -0.120. The molecule has 0 unspecified atom stereocenters. The van der Waals surface area contributed by atoms with Gasteiger partial charge in [-0.3, -0.25) is 19.5 Å². The average Bonchev–Trinajstić information content (AvgIpc) is 3.21. The minimum Gasteiger partial charge on any atom is -0.337 e. The Hall–Kier alpha value is -2.52. The average molecular weight is 362 g/mol. The van der Waals surface area contributed by atoms with Crippen molar-refractivity contribution in [3.63, 3.8) is 0 Å². The van der Waals surface area contributed by atoms with E-state index in [9.17, 15) is 14.4 Å². The zero-order valence-corrected chi connectivity index (χ0v) is 14.2. The number of aromatic nitrogens is 2. The third-order valence-corrected chi connectivity index (χ3v) is 5.01. The Labute approximate surface area is 145 Å². The Bertz CT molecular complexity index is 914. The van der Waals surface area contributed by atoms with Gasteiger partial charge in [0.2, 0.25) is 5.91 Å². The number of nitrogens with one attached hydrogen (secondary N) is 2. The predicted octanol–water partition coefficient (Wildman–Crippen LogP) is 1.59. The molecule has 9 heteroatoms. The van der Waals surface area contributed by atoms with E-state index in [2.05, 4.69) is 15.6 Å². The van der Waals surface area contributed by atoms with Gasteiger partial charge in [0.15, 0.2) is 0 Å². The van der Waals surface area contributed by atoms with Crippen LogP contribution in [0.5, 0.6) is 0 Å². The summed E-state index contributed by atoms with van der Waals surface area (Å²) in [6.07, 6.45) is 2.02. The van der Waals surface area contributed by atoms with Gasteiger partial charge in [0.1, 0.15) is 11.4 Å². The quantitative estimate of drug-likeness (QED) is 0.721. The Morgan fingerprint density at radius 1 is 1.21 bits per heavy atom. The molecule has 0 fully saturated rings. The molecule has 3 aromatic heterocycles. The van der Waals surface area contributed by atoms with E-state index in [1.807, 2.05) is 17.5 Å². The molecule has 24 heavy (non-hydrogen) atoms. The van der Waals surface area contributed by atoms with Gasteiger partial charge in [0.05, 0.1) is 11.7 Å². The SMILES string of the molecule is O=C(Cn1cnc2sccc2c1=O)NC(=O)NCCc1cccs1. The van der Waals surface area contributed by atoms with Crippen LogP contribution in [0, 0.1) is 0 Å². The molecule has 3 amide bonds. The lowest BCUT2D eigenvalue weighted by Gasteiger charge is -2.07. The molecule has 0 radical (unpaired) electrons. The highest BCUT2D eigenvalue weighted by Crippen LogP contribution is 2.13. The second kappa shape index (κ2) is 7.37. The summed E-state index contributed by atoms with van der Waals surface area (Å²) in [5.74, 6) is -0.567. The monoisotopic (exact) mass is 362 g/mol. The fraction of sp³-hybridized carbons (Fsp3) is 0.200. The van der Waals surface area contributed by atoms with Crippen molar-refractivity contribution in [2.75, 3.05) is 6.54 Å². The third-order valence-electron chi connectivity index (χ3n) is 3.25. The molecule has 0 atom stereocenters. The van der Waals surface area contributed by atoms with Gasteiger partial charge in [-0.15, -0.1) is 22.7 Å². The van der Waals surface area contributed by atoms with Crippen molar-refractivity contribution in [3.05, 3.63) is 50.5 Å². The third kappa shape index (κ3) is 3.87. The first-order valence-electron chi connectivity index (χ1n) is 7.16. The summed E-state index contributed by atoms with van der Waals surface area (Å²) >= 11 is 2.97. The van der Waals surface area contributed by atoms with Gasteiger partial charge >= 0.3 is 6.03 Å². The molecule has 3 heterocycles. The number of hydrogen-bond donors (Lipinski definition) is 2. The van der Waals surface area contributed by atoms with Crippen molar-refractivity contribution in [2.45, 2.75) is 13.0 Å². The maximum atomic E-state index is 12.2. The minimum absolute atomic E-state index is 0.254. The predicted molar refractivity (Wildman–Crippen MR) is 93.4 cm³/mol. The van der Waals surface area contributed by atoms with Gasteiger partial charge in [-0.1, -0.05) is 6.07 Å². The number of rotatable bonds is 5. The zero-order valence-electron chi connectivity index (χ0n) is 12.5. The van der Waals surface area contributed by atoms with Crippen LogP contribution in [0.3, 0.4) is 0 Å². The number of nitrogens with zero attached hydrogens (tertiary/aromatic N) is 2. The lowest BCUT2D eigenvalue weighted by Crippen LogP contribution is -2.42. The molecule has 0 aromatic carbocycles. The molecule has 0 aliphatic heterocycles. The Morgan fingerprint density at radius 3 is 2.88 bits per heavy atom. The molecule has 124 valence electrons. The molecule has 0 saturated carbocycles. The smallest absolute Gasteiger partial charge is 0.321 e. The van der Waals surface area contributed by atoms with Crippen LogP contribution in [0.15, 0.2) is 40.1 Å². The highest BCUT2D eigenvalue weighted by atomic mass is 32.1. The van der Waals surface area contributed by atoms with E-state index in [0.29, 0.717) is 23.2 Å². The van der Waals surface area contributed by atoms with Gasteiger partial charge in [-0.05, 0) is 29.3 Å². The number of fused-ring (bicyclic) bond motifs is 1. The number of carbonyl (C=O) groups is 2. The first-order chi connectivity index (χ1) is 11.6. The number of amides is 3. The normalized spacial score (nSPS) is 10.7. The number of imide groups is 1. The summed E-state index contributed by atoms with van der Waals surface area (Å²) in [7, 11) is 0. The second-order valence-corrected chi connectivity index (χ2v) is 6.88. The van der Waals surface area contributed by atoms with Crippen molar-refractivity contribution in [2.24, 2.45) is 0 Å². The van der Waals surface area contributed by atoms with E-state index in [1.165, 1.54) is 22.2 Å². The molecule has 3 aromatic rings. The van der Waals surface area contributed by atoms with E-state index in [1.54, 1.807) is 22.8 Å². The molecular formula is C15H14N4O3S2. The molecule has 2 N–H and O–H groups in total. The van der Waals surface area contributed by atoms with Crippen LogP contribution >= 0.6 is 22.7 Å². The Morgan fingerprint density at radius 2 is 2.08 bits per heavy atom. The van der Waals surface area contributed by atoms with Crippen LogP contribution in [0.4, 0.5) is 4.79 Å². The Kier molecular flexibility index (Phi) is 5.02. The summed E-state index contributed by atoms with van der Waals surface area (Å²) in [4.78, 5) is 41.6. The topological polar surface area (TPSA) is 93.1 Å². The molecule has 0 bridgehead atoms. The van der Waals surface area contributed by atoms with Crippen molar-refractivity contribution >= 4 is 44.8 Å². The fourth-order valence-electron chi connectivity index (χ4n) is 2.13. The maximum absolute atomic E-state index is 12.2. The summed E-state index contributed by atoms with van der Waals surface area (Å²) < 4.78 is 1.18. The first-order valence-corrected chi connectivity index (χ1v) is 8.92. The van der Waals surface area contributed by atoms with Gasteiger partial charge in [0, 0.05) is 11.4 Å². The first kappa shape index (κ1) is 16.3. The molecule has 0 aliphatic rings. The van der Waals surface area contributed by atoms with Crippen molar-refractivity contribution in [1.82, 2.24) is 20.2 Å². The molecule has 0 aliphatic carbocycles. The largest absolute Gasteiger partial charge is 0.337 e. The number of urea groups is 1.